The van der Waals surface area contributed by atoms with Crippen molar-refractivity contribution >= 4 is 5.91 Å². The summed E-state index contributed by atoms with van der Waals surface area (Å²) in [7, 11) is 0. The van der Waals surface area contributed by atoms with E-state index in [0.29, 0.717) is 0 Å². The van der Waals surface area contributed by atoms with E-state index in [1.165, 1.54) is 12.8 Å². The van der Waals surface area contributed by atoms with Crippen LogP contribution in [0.25, 0.3) is 0 Å². The predicted molar refractivity (Wildman–Crippen MR) is 47.7 cm³/mol. The highest BCUT2D eigenvalue weighted by molar-refractivity contribution is 5.83. The molecule has 0 aromatic rings. The standard InChI is InChI=1S/C10H17NO/c1-9(2,3)7-6-10(4-5-10)11-8(7)12/h7H,4-6H2,1-3H3,(H,11,12). The smallest absolute Gasteiger partial charge is 0.224 e. The Morgan fingerprint density at radius 2 is 2.00 bits per heavy atom. The summed E-state index contributed by atoms with van der Waals surface area (Å²) in [6.45, 7) is 6.45. The largest absolute Gasteiger partial charge is 0.350 e. The first kappa shape index (κ1) is 8.09. The van der Waals surface area contributed by atoms with Crippen LogP contribution in [0.3, 0.4) is 0 Å². The molecule has 1 aliphatic carbocycles. The number of carbonyl (C=O) groups excluding carboxylic acids is 1. The fourth-order valence-electron chi connectivity index (χ4n) is 2.06. The zero-order valence-corrected chi connectivity index (χ0v) is 8.11. The third kappa shape index (κ3) is 1.13. The van der Waals surface area contributed by atoms with Gasteiger partial charge in [0.05, 0.1) is 0 Å². The van der Waals surface area contributed by atoms with E-state index in [0.717, 1.165) is 6.42 Å². The highest BCUT2D eigenvalue weighted by Gasteiger charge is 2.54. The third-order valence-corrected chi connectivity index (χ3v) is 3.20. The molecule has 0 aromatic carbocycles. The van der Waals surface area contributed by atoms with Gasteiger partial charge in [-0.3, -0.25) is 4.79 Å². The summed E-state index contributed by atoms with van der Waals surface area (Å²) < 4.78 is 0. The van der Waals surface area contributed by atoms with E-state index in [1.54, 1.807) is 0 Å². The van der Waals surface area contributed by atoms with Gasteiger partial charge in [-0.25, -0.2) is 0 Å². The fourth-order valence-corrected chi connectivity index (χ4v) is 2.06. The van der Waals surface area contributed by atoms with E-state index < -0.39 is 0 Å². The van der Waals surface area contributed by atoms with Crippen LogP contribution in [0, 0.1) is 11.3 Å². The second-order valence-corrected chi connectivity index (χ2v) is 5.39. The molecule has 12 heavy (non-hydrogen) atoms. The summed E-state index contributed by atoms with van der Waals surface area (Å²) in [6, 6.07) is 0. The molecule has 1 saturated carbocycles. The van der Waals surface area contributed by atoms with E-state index in [1.807, 2.05) is 0 Å². The zero-order valence-electron chi connectivity index (χ0n) is 8.11. The van der Waals surface area contributed by atoms with Gasteiger partial charge in [-0.1, -0.05) is 20.8 Å². The minimum Gasteiger partial charge on any atom is -0.350 e. The Labute approximate surface area is 73.7 Å². The molecular weight excluding hydrogens is 150 g/mol. The molecule has 1 atom stereocenters. The van der Waals surface area contributed by atoms with Gasteiger partial charge in [-0.05, 0) is 24.7 Å². The topological polar surface area (TPSA) is 29.1 Å². The molecule has 2 nitrogen and oxygen atoms in total. The quantitative estimate of drug-likeness (QED) is 0.584. The highest BCUT2D eigenvalue weighted by Crippen LogP contribution is 2.49. The first-order valence-electron chi connectivity index (χ1n) is 4.75. The summed E-state index contributed by atoms with van der Waals surface area (Å²) in [6.07, 6.45) is 3.46. The molecule has 1 spiro atoms. The molecule has 0 aromatic heterocycles. The Morgan fingerprint density at radius 1 is 1.42 bits per heavy atom. The fraction of sp³-hybridized carbons (Fsp3) is 0.900. The SMILES string of the molecule is CC(C)(C)C1CC2(CC2)NC1=O. The lowest BCUT2D eigenvalue weighted by atomic mass is 9.79. The van der Waals surface area contributed by atoms with Gasteiger partial charge < -0.3 is 5.32 Å². The lowest BCUT2D eigenvalue weighted by Gasteiger charge is -2.24. The monoisotopic (exact) mass is 167 g/mol. The van der Waals surface area contributed by atoms with Crippen LogP contribution in [0.2, 0.25) is 0 Å². The van der Waals surface area contributed by atoms with Crippen molar-refractivity contribution in [3.63, 3.8) is 0 Å². The molecule has 1 N–H and O–H groups in total. The lowest BCUT2D eigenvalue weighted by Crippen LogP contribution is -2.30. The van der Waals surface area contributed by atoms with Crippen molar-refractivity contribution in [1.82, 2.24) is 5.32 Å². The van der Waals surface area contributed by atoms with Crippen molar-refractivity contribution in [2.75, 3.05) is 0 Å². The van der Waals surface area contributed by atoms with Crippen LogP contribution < -0.4 is 5.32 Å². The number of amides is 1. The molecule has 0 radical (unpaired) electrons. The first-order chi connectivity index (χ1) is 5.43. The Balaban J connectivity index is 2.14. The van der Waals surface area contributed by atoms with Crippen LogP contribution in [-0.4, -0.2) is 11.4 Å². The van der Waals surface area contributed by atoms with Crippen molar-refractivity contribution in [1.29, 1.82) is 0 Å². The summed E-state index contributed by atoms with van der Waals surface area (Å²) >= 11 is 0. The summed E-state index contributed by atoms with van der Waals surface area (Å²) in [4.78, 5) is 11.6. The second-order valence-electron chi connectivity index (χ2n) is 5.39. The Kier molecular flexibility index (Phi) is 1.37. The Hall–Kier alpha value is -0.530. The van der Waals surface area contributed by atoms with Crippen molar-refractivity contribution in [2.24, 2.45) is 11.3 Å². The lowest BCUT2D eigenvalue weighted by molar-refractivity contribution is -0.125. The molecule has 1 amide bonds. The van der Waals surface area contributed by atoms with Crippen LogP contribution in [0.1, 0.15) is 40.0 Å². The summed E-state index contributed by atoms with van der Waals surface area (Å²) in [5.41, 5.74) is 0.380. The van der Waals surface area contributed by atoms with Crippen LogP contribution in [0.4, 0.5) is 0 Å². The van der Waals surface area contributed by atoms with Crippen molar-refractivity contribution in [2.45, 2.75) is 45.6 Å². The van der Waals surface area contributed by atoms with Crippen LogP contribution >= 0.6 is 0 Å². The molecule has 2 aliphatic rings. The number of rotatable bonds is 0. The summed E-state index contributed by atoms with van der Waals surface area (Å²) in [5.74, 6) is 0.514. The number of hydrogen-bond donors (Lipinski definition) is 1. The normalized spacial score (nSPS) is 32.2. The first-order valence-corrected chi connectivity index (χ1v) is 4.75. The molecule has 2 fully saturated rings. The molecule has 1 aliphatic heterocycles. The minimum atomic E-state index is 0.135. The predicted octanol–water partition coefficient (Wildman–Crippen LogP) is 1.70. The maximum atomic E-state index is 11.6. The van der Waals surface area contributed by atoms with E-state index >= 15 is 0 Å². The van der Waals surface area contributed by atoms with Gasteiger partial charge in [0.15, 0.2) is 0 Å². The van der Waals surface area contributed by atoms with E-state index in [4.69, 9.17) is 0 Å². The van der Waals surface area contributed by atoms with Gasteiger partial charge in [0.2, 0.25) is 5.91 Å². The van der Waals surface area contributed by atoms with E-state index in [2.05, 4.69) is 26.1 Å². The molecular formula is C10H17NO. The maximum absolute atomic E-state index is 11.6. The number of carbonyl (C=O) groups is 1. The molecule has 68 valence electrons. The Morgan fingerprint density at radius 3 is 2.25 bits per heavy atom. The molecule has 1 saturated heterocycles. The molecule has 1 unspecified atom stereocenters. The third-order valence-electron chi connectivity index (χ3n) is 3.20. The average Bonchev–Trinajstić information content (AvgIpc) is 2.51. The average molecular weight is 167 g/mol. The van der Waals surface area contributed by atoms with Gasteiger partial charge in [0.1, 0.15) is 0 Å². The molecule has 1 heterocycles. The highest BCUT2D eigenvalue weighted by atomic mass is 16.2. The van der Waals surface area contributed by atoms with Crippen LogP contribution in [0.15, 0.2) is 0 Å². The van der Waals surface area contributed by atoms with Gasteiger partial charge >= 0.3 is 0 Å². The zero-order chi connectivity index (χ0) is 8.98. The van der Waals surface area contributed by atoms with Crippen LogP contribution in [-0.2, 0) is 4.79 Å². The maximum Gasteiger partial charge on any atom is 0.224 e. The van der Waals surface area contributed by atoms with E-state index in [-0.39, 0.29) is 22.8 Å². The van der Waals surface area contributed by atoms with Crippen molar-refractivity contribution in [3.05, 3.63) is 0 Å². The van der Waals surface area contributed by atoms with Crippen molar-refractivity contribution in [3.8, 4) is 0 Å². The Bertz CT molecular complexity index is 222. The van der Waals surface area contributed by atoms with Gasteiger partial charge in [0, 0.05) is 11.5 Å². The molecule has 2 heteroatoms. The van der Waals surface area contributed by atoms with E-state index in [9.17, 15) is 4.79 Å². The minimum absolute atomic E-state index is 0.135. The summed E-state index contributed by atoms with van der Waals surface area (Å²) in [5, 5.41) is 3.12. The number of hydrogen-bond acceptors (Lipinski definition) is 1. The van der Waals surface area contributed by atoms with Crippen molar-refractivity contribution < 1.29 is 4.79 Å². The molecule has 2 rings (SSSR count). The van der Waals surface area contributed by atoms with Gasteiger partial charge in [-0.2, -0.15) is 0 Å². The van der Waals surface area contributed by atoms with Gasteiger partial charge in [0.25, 0.3) is 0 Å². The molecule has 0 bridgehead atoms. The second kappa shape index (κ2) is 2.04. The van der Waals surface area contributed by atoms with Gasteiger partial charge in [-0.15, -0.1) is 0 Å². The van der Waals surface area contributed by atoms with Crippen LogP contribution in [0.5, 0.6) is 0 Å². The number of nitrogens with one attached hydrogen (secondary N) is 1.